The number of halogens is 1. The van der Waals surface area contributed by atoms with E-state index in [1.165, 1.54) is 45.6 Å². The van der Waals surface area contributed by atoms with Gasteiger partial charge in [-0.2, -0.15) is 5.26 Å². The first-order chi connectivity index (χ1) is 13.4. The summed E-state index contributed by atoms with van der Waals surface area (Å²) in [6.07, 6.45) is 0. The number of esters is 1. The van der Waals surface area contributed by atoms with Gasteiger partial charge in [-0.25, -0.2) is 4.79 Å². The SMILES string of the molecule is COC(=O)c1cc(OC)c(OC)cc1NCC(=O)Nc1cc(Cl)ccc1C#N. The van der Waals surface area contributed by atoms with Crippen LogP contribution in [0, 0.1) is 11.3 Å². The summed E-state index contributed by atoms with van der Waals surface area (Å²) in [4.78, 5) is 24.3. The smallest absolute Gasteiger partial charge is 0.340 e. The number of rotatable bonds is 7. The van der Waals surface area contributed by atoms with Gasteiger partial charge < -0.3 is 24.8 Å². The third-order valence-electron chi connectivity index (χ3n) is 3.74. The zero-order valence-electron chi connectivity index (χ0n) is 15.5. The number of nitrogens with one attached hydrogen (secondary N) is 2. The maximum absolute atomic E-state index is 12.3. The Labute approximate surface area is 167 Å². The molecule has 0 bridgehead atoms. The lowest BCUT2D eigenvalue weighted by Gasteiger charge is -2.15. The molecule has 0 aliphatic rings. The van der Waals surface area contributed by atoms with Crippen LogP contribution in [0.4, 0.5) is 11.4 Å². The molecule has 0 unspecified atom stereocenters. The molecule has 2 rings (SSSR count). The van der Waals surface area contributed by atoms with Crippen LogP contribution in [0.2, 0.25) is 5.02 Å². The molecule has 0 heterocycles. The van der Waals surface area contributed by atoms with E-state index in [2.05, 4.69) is 10.6 Å². The van der Waals surface area contributed by atoms with Crippen LogP contribution in [0.1, 0.15) is 15.9 Å². The Balaban J connectivity index is 2.21. The molecule has 146 valence electrons. The van der Waals surface area contributed by atoms with Gasteiger partial charge in [-0.1, -0.05) is 11.6 Å². The number of hydrogen-bond donors (Lipinski definition) is 2. The Morgan fingerprint density at radius 1 is 1.07 bits per heavy atom. The normalized spacial score (nSPS) is 9.82. The number of nitrogens with zero attached hydrogens (tertiary/aromatic N) is 1. The van der Waals surface area contributed by atoms with Crippen LogP contribution in [-0.4, -0.2) is 39.8 Å². The van der Waals surface area contributed by atoms with E-state index in [9.17, 15) is 9.59 Å². The summed E-state index contributed by atoms with van der Waals surface area (Å²) in [7, 11) is 4.14. The van der Waals surface area contributed by atoms with Crippen molar-refractivity contribution in [1.29, 1.82) is 5.26 Å². The van der Waals surface area contributed by atoms with Crippen molar-refractivity contribution in [3.63, 3.8) is 0 Å². The molecular weight excluding hydrogens is 386 g/mol. The average molecular weight is 404 g/mol. The van der Waals surface area contributed by atoms with Gasteiger partial charge in [0.2, 0.25) is 5.91 Å². The molecule has 0 saturated heterocycles. The van der Waals surface area contributed by atoms with E-state index in [4.69, 9.17) is 31.1 Å². The third-order valence-corrected chi connectivity index (χ3v) is 3.98. The monoisotopic (exact) mass is 403 g/mol. The number of anilines is 2. The van der Waals surface area contributed by atoms with Gasteiger partial charge in [-0.05, 0) is 18.2 Å². The molecule has 0 fully saturated rings. The minimum atomic E-state index is -0.606. The van der Waals surface area contributed by atoms with Crippen LogP contribution in [-0.2, 0) is 9.53 Å². The third kappa shape index (κ3) is 4.84. The molecule has 28 heavy (non-hydrogen) atoms. The van der Waals surface area contributed by atoms with Gasteiger partial charge in [0.1, 0.15) is 6.07 Å². The van der Waals surface area contributed by atoms with Crippen LogP contribution >= 0.6 is 11.6 Å². The summed E-state index contributed by atoms with van der Waals surface area (Å²) in [5.74, 6) is -0.329. The van der Waals surface area contributed by atoms with Gasteiger partial charge in [0.25, 0.3) is 0 Å². The second kappa shape index (κ2) is 9.48. The lowest BCUT2D eigenvalue weighted by molar-refractivity contribution is -0.114. The average Bonchev–Trinajstić information content (AvgIpc) is 2.71. The molecule has 0 radical (unpaired) electrons. The van der Waals surface area contributed by atoms with E-state index >= 15 is 0 Å². The summed E-state index contributed by atoms with van der Waals surface area (Å²) in [5.41, 5.74) is 1.07. The van der Waals surface area contributed by atoms with Crippen molar-refractivity contribution in [1.82, 2.24) is 0 Å². The quantitative estimate of drug-likeness (QED) is 0.683. The van der Waals surface area contributed by atoms with Gasteiger partial charge in [-0.3, -0.25) is 4.79 Å². The zero-order valence-corrected chi connectivity index (χ0v) is 16.2. The Morgan fingerprint density at radius 3 is 2.36 bits per heavy atom. The molecule has 0 spiro atoms. The largest absolute Gasteiger partial charge is 0.493 e. The Morgan fingerprint density at radius 2 is 1.75 bits per heavy atom. The molecule has 2 aromatic carbocycles. The number of nitriles is 1. The van der Waals surface area contributed by atoms with E-state index < -0.39 is 11.9 Å². The highest BCUT2D eigenvalue weighted by molar-refractivity contribution is 6.31. The van der Waals surface area contributed by atoms with Gasteiger partial charge in [0.15, 0.2) is 11.5 Å². The fourth-order valence-corrected chi connectivity index (χ4v) is 2.56. The molecule has 2 N–H and O–H groups in total. The number of methoxy groups -OCH3 is 3. The van der Waals surface area contributed by atoms with E-state index in [1.807, 2.05) is 6.07 Å². The second-order valence-electron chi connectivity index (χ2n) is 5.45. The van der Waals surface area contributed by atoms with Crippen molar-refractivity contribution >= 4 is 34.9 Å². The van der Waals surface area contributed by atoms with E-state index in [0.717, 1.165) is 0 Å². The molecular formula is C19H18ClN3O5. The summed E-state index contributed by atoms with van der Waals surface area (Å²) in [6, 6.07) is 9.50. The molecule has 0 saturated carbocycles. The van der Waals surface area contributed by atoms with Crippen LogP contribution in [0.5, 0.6) is 11.5 Å². The van der Waals surface area contributed by atoms with Crippen LogP contribution < -0.4 is 20.1 Å². The molecule has 0 atom stereocenters. The van der Waals surface area contributed by atoms with Crippen molar-refractivity contribution in [2.75, 3.05) is 38.5 Å². The lowest BCUT2D eigenvalue weighted by atomic mass is 10.1. The lowest BCUT2D eigenvalue weighted by Crippen LogP contribution is -2.23. The van der Waals surface area contributed by atoms with Crippen LogP contribution in [0.25, 0.3) is 0 Å². The van der Waals surface area contributed by atoms with Crippen molar-refractivity contribution in [3.8, 4) is 17.6 Å². The van der Waals surface area contributed by atoms with Crippen LogP contribution in [0.3, 0.4) is 0 Å². The van der Waals surface area contributed by atoms with E-state index in [0.29, 0.717) is 27.9 Å². The standard InChI is InChI=1S/C19H18ClN3O5/c1-26-16-7-13(19(25)28-3)15(8-17(16)27-2)22-10-18(24)23-14-6-12(20)5-4-11(14)9-21/h4-8,22H,10H2,1-3H3,(H,23,24). The molecule has 2 aromatic rings. The first kappa shape index (κ1) is 20.9. The second-order valence-corrected chi connectivity index (χ2v) is 5.88. The first-order valence-electron chi connectivity index (χ1n) is 8.01. The van der Waals surface area contributed by atoms with Gasteiger partial charge >= 0.3 is 5.97 Å². The van der Waals surface area contributed by atoms with Gasteiger partial charge in [-0.15, -0.1) is 0 Å². The number of carbonyl (C=O) groups excluding carboxylic acids is 2. The highest BCUT2D eigenvalue weighted by Crippen LogP contribution is 2.33. The zero-order chi connectivity index (χ0) is 20.7. The minimum Gasteiger partial charge on any atom is -0.493 e. The molecule has 0 aliphatic heterocycles. The van der Waals surface area contributed by atoms with Gasteiger partial charge in [0, 0.05) is 17.2 Å². The van der Waals surface area contributed by atoms with Crippen molar-refractivity contribution in [3.05, 3.63) is 46.5 Å². The van der Waals surface area contributed by atoms with Gasteiger partial charge in [0.05, 0.1) is 50.4 Å². The number of hydrogen-bond acceptors (Lipinski definition) is 7. The van der Waals surface area contributed by atoms with Crippen LogP contribution in [0.15, 0.2) is 30.3 Å². The Hall–Kier alpha value is -3.44. The fraction of sp³-hybridized carbons (Fsp3) is 0.211. The minimum absolute atomic E-state index is 0.174. The molecule has 9 heteroatoms. The summed E-state index contributed by atoms with van der Waals surface area (Å²) < 4.78 is 15.2. The number of benzene rings is 2. The van der Waals surface area contributed by atoms with E-state index in [-0.39, 0.29) is 17.7 Å². The highest BCUT2D eigenvalue weighted by atomic mass is 35.5. The summed E-state index contributed by atoms with van der Waals surface area (Å²) in [6.45, 7) is -0.184. The number of ether oxygens (including phenoxy) is 3. The molecule has 0 aliphatic carbocycles. The number of amides is 1. The first-order valence-corrected chi connectivity index (χ1v) is 8.39. The highest BCUT2D eigenvalue weighted by Gasteiger charge is 2.18. The molecule has 8 nitrogen and oxygen atoms in total. The maximum atomic E-state index is 12.3. The topological polar surface area (TPSA) is 110 Å². The maximum Gasteiger partial charge on any atom is 0.340 e. The Kier molecular flexibility index (Phi) is 7.07. The van der Waals surface area contributed by atoms with Crippen molar-refractivity contribution < 1.29 is 23.8 Å². The summed E-state index contributed by atoms with van der Waals surface area (Å²) >= 11 is 5.91. The van der Waals surface area contributed by atoms with Crippen molar-refractivity contribution in [2.45, 2.75) is 0 Å². The van der Waals surface area contributed by atoms with Crippen molar-refractivity contribution in [2.24, 2.45) is 0 Å². The van der Waals surface area contributed by atoms with E-state index in [1.54, 1.807) is 6.07 Å². The predicted octanol–water partition coefficient (Wildman–Crippen LogP) is 3.07. The molecule has 1 amide bonds. The number of carbonyl (C=O) groups is 2. The fourth-order valence-electron chi connectivity index (χ4n) is 2.39. The predicted molar refractivity (Wildman–Crippen MR) is 104 cm³/mol. The Bertz CT molecular complexity index is 940. The molecule has 0 aromatic heterocycles. The summed E-state index contributed by atoms with van der Waals surface area (Å²) in [5, 5.41) is 15.0.